The third kappa shape index (κ3) is 3.56. The Kier molecular flexibility index (Phi) is 4.66. The van der Waals surface area contributed by atoms with Gasteiger partial charge in [-0.15, -0.1) is 11.3 Å². The average molecular weight is 302 g/mol. The molecule has 1 aromatic heterocycles. The van der Waals surface area contributed by atoms with E-state index in [-0.39, 0.29) is 5.41 Å². The van der Waals surface area contributed by atoms with Crippen LogP contribution in [0.25, 0.3) is 0 Å². The average Bonchev–Trinajstić information content (AvgIpc) is 2.96. The number of nitrogens with one attached hydrogen (secondary N) is 2. The summed E-state index contributed by atoms with van der Waals surface area (Å²) in [5.41, 5.74) is 0.237. The Hall–Kier alpha value is -0.430. The summed E-state index contributed by atoms with van der Waals surface area (Å²) in [5, 5.41) is 4.84. The van der Waals surface area contributed by atoms with E-state index in [0.29, 0.717) is 18.0 Å². The Labute approximate surface area is 119 Å². The Morgan fingerprint density at radius 3 is 2.74 bits per heavy atom. The fourth-order valence-electron chi connectivity index (χ4n) is 2.41. The summed E-state index contributed by atoms with van der Waals surface area (Å²) >= 11 is 1.48. The zero-order valence-corrected chi connectivity index (χ0v) is 13.2. The van der Waals surface area contributed by atoms with E-state index in [9.17, 15) is 8.42 Å². The van der Waals surface area contributed by atoms with Crippen LogP contribution in [0.1, 0.15) is 37.5 Å². The van der Waals surface area contributed by atoms with Crippen LogP contribution in [0.15, 0.2) is 16.3 Å². The zero-order chi connectivity index (χ0) is 13.9. The molecule has 1 aliphatic rings. The van der Waals surface area contributed by atoms with Crippen LogP contribution in [-0.2, 0) is 16.6 Å². The Bertz CT molecular complexity index is 519. The SMILES string of the molecule is CCCC1(CNS(=O)(=O)c2ccsc2CNC)CC1. The smallest absolute Gasteiger partial charge is 0.241 e. The van der Waals surface area contributed by atoms with Crippen molar-refractivity contribution in [3.8, 4) is 0 Å². The molecule has 2 N–H and O–H groups in total. The van der Waals surface area contributed by atoms with E-state index in [1.165, 1.54) is 11.3 Å². The summed E-state index contributed by atoms with van der Waals surface area (Å²) in [6, 6.07) is 1.69. The number of rotatable bonds is 8. The van der Waals surface area contributed by atoms with Crippen molar-refractivity contribution in [3.63, 3.8) is 0 Å². The lowest BCUT2D eigenvalue weighted by atomic mass is 10.0. The maximum absolute atomic E-state index is 12.3. The molecule has 1 aliphatic carbocycles. The summed E-state index contributed by atoms with van der Waals surface area (Å²) in [7, 11) is -1.54. The van der Waals surface area contributed by atoms with Crippen LogP contribution in [-0.4, -0.2) is 22.0 Å². The van der Waals surface area contributed by atoms with Crippen molar-refractivity contribution in [1.82, 2.24) is 10.0 Å². The summed E-state index contributed by atoms with van der Waals surface area (Å²) in [4.78, 5) is 1.30. The number of hydrogen-bond acceptors (Lipinski definition) is 4. The largest absolute Gasteiger partial charge is 0.315 e. The summed E-state index contributed by atoms with van der Waals surface area (Å²) in [6.45, 7) is 3.32. The molecule has 1 saturated carbocycles. The van der Waals surface area contributed by atoms with Crippen LogP contribution in [0.4, 0.5) is 0 Å². The zero-order valence-electron chi connectivity index (χ0n) is 11.5. The third-order valence-electron chi connectivity index (χ3n) is 3.71. The van der Waals surface area contributed by atoms with Crippen molar-refractivity contribution in [2.75, 3.05) is 13.6 Å². The van der Waals surface area contributed by atoms with Crippen molar-refractivity contribution in [3.05, 3.63) is 16.3 Å². The minimum Gasteiger partial charge on any atom is -0.315 e. The van der Waals surface area contributed by atoms with Gasteiger partial charge in [0.25, 0.3) is 0 Å². The predicted molar refractivity (Wildman–Crippen MR) is 78.8 cm³/mol. The fraction of sp³-hybridized carbons (Fsp3) is 0.692. The van der Waals surface area contributed by atoms with Gasteiger partial charge in [-0.05, 0) is 43.2 Å². The molecule has 0 saturated heterocycles. The van der Waals surface area contributed by atoms with Crippen LogP contribution in [0.2, 0.25) is 0 Å². The van der Waals surface area contributed by atoms with Crippen molar-refractivity contribution in [2.24, 2.45) is 5.41 Å². The highest BCUT2D eigenvalue weighted by Gasteiger charge is 2.42. The second-order valence-electron chi connectivity index (χ2n) is 5.31. The van der Waals surface area contributed by atoms with Crippen LogP contribution in [0.5, 0.6) is 0 Å². The summed E-state index contributed by atoms with van der Waals surface area (Å²) < 4.78 is 27.5. The van der Waals surface area contributed by atoms with Crippen LogP contribution >= 0.6 is 11.3 Å². The Morgan fingerprint density at radius 2 is 2.16 bits per heavy atom. The van der Waals surface area contributed by atoms with Crippen molar-refractivity contribution < 1.29 is 8.42 Å². The minimum atomic E-state index is -3.36. The van der Waals surface area contributed by atoms with Gasteiger partial charge in [0.05, 0.1) is 4.90 Å². The van der Waals surface area contributed by atoms with Crippen molar-refractivity contribution in [2.45, 2.75) is 44.0 Å². The molecule has 1 heterocycles. The molecule has 19 heavy (non-hydrogen) atoms. The summed E-state index contributed by atoms with van der Waals surface area (Å²) in [6.07, 6.45) is 4.53. The van der Waals surface area contributed by atoms with Gasteiger partial charge in [0.15, 0.2) is 0 Å². The van der Waals surface area contributed by atoms with E-state index in [4.69, 9.17) is 0 Å². The topological polar surface area (TPSA) is 58.2 Å². The number of hydrogen-bond donors (Lipinski definition) is 2. The van der Waals surface area contributed by atoms with Crippen molar-refractivity contribution in [1.29, 1.82) is 0 Å². The first kappa shape index (κ1) is 15.0. The quantitative estimate of drug-likeness (QED) is 0.775. The highest BCUT2D eigenvalue weighted by Crippen LogP contribution is 2.49. The third-order valence-corrected chi connectivity index (χ3v) is 6.24. The molecule has 0 amide bonds. The summed E-state index contributed by atoms with van der Waals surface area (Å²) in [5.74, 6) is 0. The van der Waals surface area contributed by atoms with Gasteiger partial charge < -0.3 is 5.32 Å². The number of thiophene rings is 1. The molecule has 0 aliphatic heterocycles. The molecule has 108 valence electrons. The van der Waals surface area contributed by atoms with Gasteiger partial charge in [0.2, 0.25) is 10.0 Å². The van der Waals surface area contributed by atoms with Gasteiger partial charge in [-0.25, -0.2) is 13.1 Å². The van der Waals surface area contributed by atoms with E-state index < -0.39 is 10.0 Å². The lowest BCUT2D eigenvalue weighted by Gasteiger charge is -2.15. The molecule has 1 fully saturated rings. The van der Waals surface area contributed by atoms with Crippen molar-refractivity contribution >= 4 is 21.4 Å². The van der Waals surface area contributed by atoms with Gasteiger partial charge in [-0.3, -0.25) is 0 Å². The Morgan fingerprint density at radius 1 is 1.42 bits per heavy atom. The standard InChI is InChI=1S/C13H22N2O2S2/c1-3-5-13(6-7-13)10-15-19(16,17)12-4-8-18-11(12)9-14-2/h4,8,14-15H,3,5-7,9-10H2,1-2H3. The molecule has 1 aromatic rings. The van der Waals surface area contributed by atoms with Gasteiger partial charge in [-0.1, -0.05) is 13.3 Å². The van der Waals surface area contributed by atoms with E-state index in [1.54, 1.807) is 6.07 Å². The molecule has 2 rings (SSSR count). The molecule has 0 atom stereocenters. The monoisotopic (exact) mass is 302 g/mol. The van der Waals surface area contributed by atoms with Gasteiger partial charge in [0.1, 0.15) is 0 Å². The molecule has 0 bridgehead atoms. The van der Waals surface area contributed by atoms with E-state index in [2.05, 4.69) is 17.0 Å². The predicted octanol–water partition coefficient (Wildman–Crippen LogP) is 2.33. The molecular formula is C13H22N2O2S2. The maximum atomic E-state index is 12.3. The first-order valence-corrected chi connectivity index (χ1v) is 9.10. The van der Waals surface area contributed by atoms with E-state index in [0.717, 1.165) is 30.6 Å². The first-order chi connectivity index (χ1) is 9.03. The second-order valence-corrected chi connectivity index (χ2v) is 8.05. The van der Waals surface area contributed by atoms with Gasteiger partial charge in [-0.2, -0.15) is 0 Å². The fourth-order valence-corrected chi connectivity index (χ4v) is 5.02. The Balaban J connectivity index is 2.04. The normalized spacial score (nSPS) is 17.6. The van der Waals surface area contributed by atoms with Crippen LogP contribution < -0.4 is 10.0 Å². The maximum Gasteiger partial charge on any atom is 0.241 e. The van der Waals surface area contributed by atoms with Crippen LogP contribution in [0.3, 0.4) is 0 Å². The van der Waals surface area contributed by atoms with Crippen LogP contribution in [0, 0.1) is 5.41 Å². The first-order valence-electron chi connectivity index (χ1n) is 6.74. The number of sulfonamides is 1. The minimum absolute atomic E-state index is 0.237. The van der Waals surface area contributed by atoms with Gasteiger partial charge in [0, 0.05) is 18.0 Å². The lowest BCUT2D eigenvalue weighted by Crippen LogP contribution is -2.30. The molecular weight excluding hydrogens is 280 g/mol. The van der Waals surface area contributed by atoms with Gasteiger partial charge >= 0.3 is 0 Å². The molecule has 0 radical (unpaired) electrons. The lowest BCUT2D eigenvalue weighted by molar-refractivity contribution is 0.449. The molecule has 0 spiro atoms. The van der Waals surface area contributed by atoms with E-state index >= 15 is 0 Å². The highest BCUT2D eigenvalue weighted by molar-refractivity contribution is 7.89. The molecule has 4 nitrogen and oxygen atoms in total. The molecule has 0 unspecified atom stereocenters. The molecule has 6 heteroatoms. The highest BCUT2D eigenvalue weighted by atomic mass is 32.2. The van der Waals surface area contributed by atoms with E-state index in [1.807, 2.05) is 12.4 Å². The second kappa shape index (κ2) is 5.91. The molecule has 0 aromatic carbocycles.